The fourth-order valence-corrected chi connectivity index (χ4v) is 4.12. The second-order valence-electron chi connectivity index (χ2n) is 6.85. The molecule has 0 spiro atoms. The third-order valence-corrected chi connectivity index (χ3v) is 5.88. The molecule has 2 aromatic heterocycles. The maximum Gasteiger partial charge on any atom is 0.191 e. The van der Waals surface area contributed by atoms with Crippen molar-refractivity contribution < 1.29 is 9.52 Å². The van der Waals surface area contributed by atoms with E-state index in [0.717, 1.165) is 32.3 Å². The van der Waals surface area contributed by atoms with Gasteiger partial charge in [0.15, 0.2) is 16.7 Å². The van der Waals surface area contributed by atoms with E-state index in [9.17, 15) is 5.11 Å². The molecule has 0 aliphatic heterocycles. The molecule has 4 rings (SSSR count). The van der Waals surface area contributed by atoms with Crippen LogP contribution in [-0.2, 0) is 6.54 Å². The maximum absolute atomic E-state index is 9.72. The highest BCUT2D eigenvalue weighted by atomic mass is 127. The number of para-hydroxylation sites is 1. The van der Waals surface area contributed by atoms with Gasteiger partial charge in [-0.1, -0.05) is 42.5 Å². The average Bonchev–Trinajstić information content (AvgIpc) is 3.44. The Labute approximate surface area is 202 Å². The van der Waals surface area contributed by atoms with Gasteiger partial charge in [0, 0.05) is 19.5 Å². The molecule has 8 heteroatoms. The van der Waals surface area contributed by atoms with Gasteiger partial charge in [-0.05, 0) is 29.8 Å². The number of hydrogen-bond donors (Lipinski definition) is 3. The Kier molecular flexibility index (Phi) is 8.44. The number of benzene rings is 2. The van der Waals surface area contributed by atoms with Crippen molar-refractivity contribution in [1.82, 2.24) is 15.6 Å². The van der Waals surface area contributed by atoms with Crippen LogP contribution >= 0.6 is 35.3 Å². The van der Waals surface area contributed by atoms with E-state index in [-0.39, 0.29) is 36.5 Å². The SMILES string of the molecule is CN=C(NCc1ccc(-c2nc3ccccc3s2)o1)NCC(CO)c1ccccc1.I. The van der Waals surface area contributed by atoms with Crippen molar-refractivity contribution in [3.63, 3.8) is 0 Å². The zero-order chi connectivity index (χ0) is 20.8. The minimum Gasteiger partial charge on any atom is -0.457 e. The van der Waals surface area contributed by atoms with E-state index in [1.54, 1.807) is 18.4 Å². The number of thiazole rings is 1. The normalized spacial score (nSPS) is 12.4. The molecule has 0 amide bonds. The van der Waals surface area contributed by atoms with Crippen molar-refractivity contribution in [2.45, 2.75) is 12.5 Å². The number of rotatable bonds is 7. The van der Waals surface area contributed by atoms with Gasteiger partial charge in [-0.2, -0.15) is 0 Å². The minimum absolute atomic E-state index is 0. The molecule has 0 saturated heterocycles. The molecule has 0 aliphatic carbocycles. The van der Waals surface area contributed by atoms with Crippen LogP contribution in [0.5, 0.6) is 0 Å². The van der Waals surface area contributed by atoms with Gasteiger partial charge in [0.2, 0.25) is 0 Å². The van der Waals surface area contributed by atoms with Gasteiger partial charge in [-0.3, -0.25) is 4.99 Å². The Hall–Kier alpha value is -2.43. The topological polar surface area (TPSA) is 82.7 Å². The summed E-state index contributed by atoms with van der Waals surface area (Å²) in [6.07, 6.45) is 0. The van der Waals surface area contributed by atoms with Gasteiger partial charge < -0.3 is 20.2 Å². The molecular formula is C23H25IN4O2S. The van der Waals surface area contributed by atoms with E-state index >= 15 is 0 Å². The lowest BCUT2D eigenvalue weighted by atomic mass is 10.0. The monoisotopic (exact) mass is 548 g/mol. The number of fused-ring (bicyclic) bond motifs is 1. The molecule has 4 aromatic rings. The molecule has 1 atom stereocenters. The minimum atomic E-state index is -0.000925. The van der Waals surface area contributed by atoms with Crippen LogP contribution in [0, 0.1) is 0 Å². The summed E-state index contributed by atoms with van der Waals surface area (Å²) in [7, 11) is 1.72. The third-order valence-electron chi connectivity index (χ3n) is 4.83. The number of nitrogens with zero attached hydrogens (tertiary/aromatic N) is 2. The van der Waals surface area contributed by atoms with Crippen LogP contribution in [-0.4, -0.2) is 36.2 Å². The Morgan fingerprint density at radius 1 is 1.06 bits per heavy atom. The number of hydrogen-bond acceptors (Lipinski definition) is 5. The second kappa shape index (κ2) is 11.3. The van der Waals surface area contributed by atoms with Crippen LogP contribution in [0.1, 0.15) is 17.2 Å². The molecule has 0 saturated carbocycles. The van der Waals surface area contributed by atoms with Crippen molar-refractivity contribution in [3.8, 4) is 10.8 Å². The highest BCUT2D eigenvalue weighted by Gasteiger charge is 2.13. The number of aliphatic hydroxyl groups is 1. The number of aromatic nitrogens is 1. The van der Waals surface area contributed by atoms with E-state index in [2.05, 4.69) is 26.7 Å². The van der Waals surface area contributed by atoms with Gasteiger partial charge in [0.25, 0.3) is 0 Å². The van der Waals surface area contributed by atoms with Crippen molar-refractivity contribution in [2.75, 3.05) is 20.2 Å². The van der Waals surface area contributed by atoms with Crippen LogP contribution < -0.4 is 10.6 Å². The lowest BCUT2D eigenvalue weighted by Crippen LogP contribution is -2.39. The van der Waals surface area contributed by atoms with E-state index in [0.29, 0.717) is 19.0 Å². The molecule has 31 heavy (non-hydrogen) atoms. The van der Waals surface area contributed by atoms with E-state index in [1.165, 1.54) is 0 Å². The number of aliphatic imine (C=N–C) groups is 1. The van der Waals surface area contributed by atoms with Crippen molar-refractivity contribution in [3.05, 3.63) is 78.1 Å². The van der Waals surface area contributed by atoms with Crippen LogP contribution in [0.2, 0.25) is 0 Å². The average molecular weight is 548 g/mol. The van der Waals surface area contributed by atoms with Gasteiger partial charge in [0.05, 0.1) is 23.4 Å². The van der Waals surface area contributed by atoms with Crippen LogP contribution in [0.3, 0.4) is 0 Å². The summed E-state index contributed by atoms with van der Waals surface area (Å²) in [5.41, 5.74) is 2.07. The van der Waals surface area contributed by atoms with Gasteiger partial charge in [-0.25, -0.2) is 4.98 Å². The molecule has 0 fully saturated rings. The fraction of sp³-hybridized carbons (Fsp3) is 0.217. The molecule has 2 heterocycles. The summed E-state index contributed by atoms with van der Waals surface area (Å²) in [5, 5.41) is 17.1. The lowest BCUT2D eigenvalue weighted by molar-refractivity contribution is 0.265. The number of guanidine groups is 1. The first kappa shape index (κ1) is 23.2. The number of furan rings is 1. The first-order valence-electron chi connectivity index (χ1n) is 9.82. The maximum atomic E-state index is 9.72. The van der Waals surface area contributed by atoms with Gasteiger partial charge in [0.1, 0.15) is 5.76 Å². The summed E-state index contributed by atoms with van der Waals surface area (Å²) in [4.78, 5) is 8.90. The first-order chi connectivity index (χ1) is 14.8. The van der Waals surface area contributed by atoms with E-state index in [1.807, 2.05) is 60.7 Å². The van der Waals surface area contributed by atoms with E-state index < -0.39 is 0 Å². The van der Waals surface area contributed by atoms with Crippen LogP contribution in [0.25, 0.3) is 21.0 Å². The predicted molar refractivity (Wildman–Crippen MR) is 137 cm³/mol. The quantitative estimate of drug-likeness (QED) is 0.179. The van der Waals surface area contributed by atoms with E-state index in [4.69, 9.17) is 4.42 Å². The molecule has 0 radical (unpaired) electrons. The zero-order valence-corrected chi connectivity index (χ0v) is 20.3. The second-order valence-corrected chi connectivity index (χ2v) is 7.88. The molecule has 6 nitrogen and oxygen atoms in total. The number of aliphatic hydroxyl groups excluding tert-OH is 1. The van der Waals surface area contributed by atoms with Crippen LogP contribution in [0.4, 0.5) is 0 Å². The van der Waals surface area contributed by atoms with Crippen molar-refractivity contribution in [1.29, 1.82) is 0 Å². The standard InChI is InChI=1S/C23H24N4O2S.HI/c1-24-23(25-13-17(15-28)16-7-3-2-4-8-16)26-14-18-11-12-20(29-18)22-27-19-9-5-6-10-21(19)30-22;/h2-12,17,28H,13-15H2,1H3,(H2,24,25,26);1H. The molecule has 1 unspecified atom stereocenters. The molecular weight excluding hydrogens is 523 g/mol. The van der Waals surface area contributed by atoms with Gasteiger partial charge in [-0.15, -0.1) is 35.3 Å². The molecule has 0 aliphatic rings. The van der Waals surface area contributed by atoms with Gasteiger partial charge >= 0.3 is 0 Å². The Morgan fingerprint density at radius 3 is 2.58 bits per heavy atom. The highest BCUT2D eigenvalue weighted by Crippen LogP contribution is 2.31. The zero-order valence-electron chi connectivity index (χ0n) is 17.1. The summed E-state index contributed by atoms with van der Waals surface area (Å²) >= 11 is 1.62. The summed E-state index contributed by atoms with van der Waals surface area (Å²) in [6, 6.07) is 21.9. The molecule has 3 N–H and O–H groups in total. The highest BCUT2D eigenvalue weighted by molar-refractivity contribution is 14.0. The number of nitrogens with one attached hydrogen (secondary N) is 2. The summed E-state index contributed by atoms with van der Waals surface area (Å²) in [6.45, 7) is 1.15. The van der Waals surface area contributed by atoms with Crippen molar-refractivity contribution >= 4 is 51.5 Å². The lowest BCUT2D eigenvalue weighted by Gasteiger charge is -2.17. The smallest absolute Gasteiger partial charge is 0.191 e. The molecule has 0 bridgehead atoms. The molecule has 162 valence electrons. The summed E-state index contributed by atoms with van der Waals surface area (Å²) < 4.78 is 7.12. The summed E-state index contributed by atoms with van der Waals surface area (Å²) in [5.74, 6) is 2.22. The fourth-order valence-electron chi connectivity index (χ4n) is 3.19. The Morgan fingerprint density at radius 2 is 1.84 bits per heavy atom. The van der Waals surface area contributed by atoms with Crippen LogP contribution in [0.15, 0.2) is 76.1 Å². The predicted octanol–water partition coefficient (Wildman–Crippen LogP) is 4.62. The molecule has 2 aromatic carbocycles. The van der Waals surface area contributed by atoms with Crippen molar-refractivity contribution in [2.24, 2.45) is 4.99 Å². The largest absolute Gasteiger partial charge is 0.457 e. The first-order valence-corrected chi connectivity index (χ1v) is 10.6. The third kappa shape index (κ3) is 5.84. The Bertz CT molecular complexity index is 1090. The number of halogens is 1. The Balaban J connectivity index is 0.00000272.